The summed E-state index contributed by atoms with van der Waals surface area (Å²) in [5, 5.41) is 0. The third kappa shape index (κ3) is 3.33. The zero-order chi connectivity index (χ0) is 14.5. The van der Waals surface area contributed by atoms with Crippen LogP contribution in [-0.4, -0.2) is 12.5 Å². The Bertz CT molecular complexity index is 450. The lowest BCUT2D eigenvalue weighted by atomic mass is 9.82. The van der Waals surface area contributed by atoms with Crippen molar-refractivity contribution in [3.8, 4) is 0 Å². The summed E-state index contributed by atoms with van der Waals surface area (Å²) in [6.45, 7) is 5.13. The Kier molecular flexibility index (Phi) is 5.05. The second-order valence-electron chi connectivity index (χ2n) is 6.01. The minimum absolute atomic E-state index is 0.178. The van der Waals surface area contributed by atoms with Crippen molar-refractivity contribution >= 4 is 17.3 Å². The van der Waals surface area contributed by atoms with Crippen LogP contribution in [0.15, 0.2) is 24.3 Å². The second kappa shape index (κ2) is 6.78. The molecule has 1 aliphatic carbocycles. The summed E-state index contributed by atoms with van der Waals surface area (Å²) in [5.41, 5.74) is 7.61. The van der Waals surface area contributed by atoms with E-state index in [1.165, 1.54) is 12.8 Å². The Morgan fingerprint density at radius 2 is 1.90 bits per heavy atom. The molecule has 1 fully saturated rings. The van der Waals surface area contributed by atoms with E-state index in [4.69, 9.17) is 5.73 Å². The molecular formula is C17H26N2O. The van der Waals surface area contributed by atoms with Crippen LogP contribution in [0.25, 0.3) is 0 Å². The van der Waals surface area contributed by atoms with E-state index in [1.807, 2.05) is 29.2 Å². The Morgan fingerprint density at radius 3 is 2.50 bits per heavy atom. The fraction of sp³-hybridized carbons (Fsp3) is 0.588. The van der Waals surface area contributed by atoms with Crippen LogP contribution in [0.2, 0.25) is 0 Å². The number of para-hydroxylation sites is 2. The number of nitrogens with zero attached hydrogens (tertiary/aromatic N) is 1. The summed E-state index contributed by atoms with van der Waals surface area (Å²) >= 11 is 0. The first-order chi connectivity index (χ1) is 9.63. The molecule has 0 spiro atoms. The van der Waals surface area contributed by atoms with Gasteiger partial charge in [0.05, 0.1) is 11.4 Å². The number of benzene rings is 1. The highest BCUT2D eigenvalue weighted by molar-refractivity contribution is 5.97. The second-order valence-corrected chi connectivity index (χ2v) is 6.01. The topological polar surface area (TPSA) is 46.3 Å². The zero-order valence-corrected chi connectivity index (χ0v) is 12.6. The van der Waals surface area contributed by atoms with Crippen molar-refractivity contribution in [2.75, 3.05) is 17.2 Å². The Labute approximate surface area is 122 Å². The van der Waals surface area contributed by atoms with E-state index in [-0.39, 0.29) is 11.8 Å². The fourth-order valence-electron chi connectivity index (χ4n) is 3.03. The molecule has 2 N–H and O–H groups in total. The Balaban J connectivity index is 2.16. The molecule has 3 nitrogen and oxygen atoms in total. The van der Waals surface area contributed by atoms with Crippen molar-refractivity contribution in [3.63, 3.8) is 0 Å². The highest BCUT2D eigenvalue weighted by Gasteiger charge is 2.29. The van der Waals surface area contributed by atoms with E-state index in [0.717, 1.165) is 37.4 Å². The summed E-state index contributed by atoms with van der Waals surface area (Å²) in [4.78, 5) is 14.7. The average Bonchev–Trinajstić information content (AvgIpc) is 2.46. The first-order valence-electron chi connectivity index (χ1n) is 7.79. The van der Waals surface area contributed by atoms with Gasteiger partial charge >= 0.3 is 0 Å². The van der Waals surface area contributed by atoms with Crippen LogP contribution in [0.1, 0.15) is 46.0 Å². The number of hydrogen-bond donors (Lipinski definition) is 1. The van der Waals surface area contributed by atoms with Gasteiger partial charge in [0.2, 0.25) is 5.91 Å². The number of nitrogens with two attached hydrogens (primary N) is 1. The van der Waals surface area contributed by atoms with E-state index in [0.29, 0.717) is 5.69 Å². The third-order valence-electron chi connectivity index (χ3n) is 4.31. The van der Waals surface area contributed by atoms with Gasteiger partial charge in [-0.15, -0.1) is 0 Å². The SMILES string of the molecule is CCCN(C(=O)C1CCC(C)CC1)c1ccccc1N. The van der Waals surface area contributed by atoms with Crippen molar-refractivity contribution in [3.05, 3.63) is 24.3 Å². The maximum absolute atomic E-state index is 12.8. The predicted octanol–water partition coefficient (Wildman–Crippen LogP) is 3.84. The van der Waals surface area contributed by atoms with E-state index in [2.05, 4.69) is 13.8 Å². The smallest absolute Gasteiger partial charge is 0.230 e. The molecule has 0 aliphatic heterocycles. The summed E-state index contributed by atoms with van der Waals surface area (Å²) in [7, 11) is 0. The maximum atomic E-state index is 12.8. The van der Waals surface area contributed by atoms with Gasteiger partial charge in [0, 0.05) is 12.5 Å². The lowest BCUT2D eigenvalue weighted by molar-refractivity contribution is -0.123. The highest BCUT2D eigenvalue weighted by Crippen LogP contribution is 2.32. The minimum atomic E-state index is 0.178. The van der Waals surface area contributed by atoms with Crippen LogP contribution in [0.5, 0.6) is 0 Å². The predicted molar refractivity (Wildman–Crippen MR) is 84.6 cm³/mol. The van der Waals surface area contributed by atoms with E-state index >= 15 is 0 Å². The zero-order valence-electron chi connectivity index (χ0n) is 12.6. The number of carbonyl (C=O) groups excluding carboxylic acids is 1. The molecule has 20 heavy (non-hydrogen) atoms. The van der Waals surface area contributed by atoms with E-state index < -0.39 is 0 Å². The van der Waals surface area contributed by atoms with Gasteiger partial charge in [-0.25, -0.2) is 0 Å². The molecule has 0 aromatic heterocycles. The molecule has 1 saturated carbocycles. The molecule has 3 heteroatoms. The number of rotatable bonds is 4. The average molecular weight is 274 g/mol. The van der Waals surface area contributed by atoms with Crippen molar-refractivity contribution in [2.45, 2.75) is 46.0 Å². The molecule has 0 saturated heterocycles. The summed E-state index contributed by atoms with van der Waals surface area (Å²) in [6, 6.07) is 7.68. The van der Waals surface area contributed by atoms with Gasteiger partial charge in [0.15, 0.2) is 0 Å². The van der Waals surface area contributed by atoms with Crippen LogP contribution in [-0.2, 0) is 4.79 Å². The standard InChI is InChI=1S/C17H26N2O/c1-3-12-19(16-7-5-4-6-15(16)18)17(20)14-10-8-13(2)9-11-14/h4-7,13-14H,3,8-12,18H2,1-2H3. The van der Waals surface area contributed by atoms with Crippen molar-refractivity contribution in [2.24, 2.45) is 11.8 Å². The van der Waals surface area contributed by atoms with Gasteiger partial charge < -0.3 is 10.6 Å². The molecule has 110 valence electrons. The molecule has 2 rings (SSSR count). The largest absolute Gasteiger partial charge is 0.397 e. The fourth-order valence-corrected chi connectivity index (χ4v) is 3.03. The van der Waals surface area contributed by atoms with Crippen LogP contribution < -0.4 is 10.6 Å². The first-order valence-corrected chi connectivity index (χ1v) is 7.79. The summed E-state index contributed by atoms with van der Waals surface area (Å²) in [6.07, 6.45) is 5.32. The van der Waals surface area contributed by atoms with Crippen LogP contribution >= 0.6 is 0 Å². The molecule has 0 heterocycles. The summed E-state index contributed by atoms with van der Waals surface area (Å²) < 4.78 is 0. The van der Waals surface area contributed by atoms with Crippen molar-refractivity contribution in [1.29, 1.82) is 0 Å². The molecule has 0 atom stereocenters. The minimum Gasteiger partial charge on any atom is -0.397 e. The molecule has 1 aliphatic rings. The van der Waals surface area contributed by atoms with Crippen LogP contribution in [0.4, 0.5) is 11.4 Å². The highest BCUT2D eigenvalue weighted by atomic mass is 16.2. The molecule has 0 bridgehead atoms. The molecule has 1 aromatic carbocycles. The van der Waals surface area contributed by atoms with Gasteiger partial charge in [-0.3, -0.25) is 4.79 Å². The summed E-state index contributed by atoms with van der Waals surface area (Å²) in [5.74, 6) is 1.20. The maximum Gasteiger partial charge on any atom is 0.230 e. The lowest BCUT2D eigenvalue weighted by Crippen LogP contribution is -2.38. The Hall–Kier alpha value is -1.51. The van der Waals surface area contributed by atoms with E-state index in [1.54, 1.807) is 0 Å². The number of anilines is 2. The Morgan fingerprint density at radius 1 is 1.25 bits per heavy atom. The van der Waals surface area contributed by atoms with Gasteiger partial charge in [-0.2, -0.15) is 0 Å². The molecule has 0 unspecified atom stereocenters. The van der Waals surface area contributed by atoms with Gasteiger partial charge in [0.25, 0.3) is 0 Å². The van der Waals surface area contributed by atoms with Gasteiger partial charge in [-0.05, 0) is 50.2 Å². The van der Waals surface area contributed by atoms with Gasteiger partial charge in [-0.1, -0.05) is 26.0 Å². The van der Waals surface area contributed by atoms with Crippen molar-refractivity contribution < 1.29 is 4.79 Å². The van der Waals surface area contributed by atoms with Crippen molar-refractivity contribution in [1.82, 2.24) is 0 Å². The third-order valence-corrected chi connectivity index (χ3v) is 4.31. The van der Waals surface area contributed by atoms with Crippen LogP contribution in [0, 0.1) is 11.8 Å². The molecule has 1 aromatic rings. The molecule has 0 radical (unpaired) electrons. The first kappa shape index (κ1) is 14.9. The van der Waals surface area contributed by atoms with E-state index in [9.17, 15) is 4.79 Å². The quantitative estimate of drug-likeness (QED) is 0.848. The number of nitrogen functional groups attached to an aromatic ring is 1. The molecule has 1 amide bonds. The van der Waals surface area contributed by atoms with Crippen LogP contribution in [0.3, 0.4) is 0 Å². The van der Waals surface area contributed by atoms with Gasteiger partial charge in [0.1, 0.15) is 0 Å². The lowest BCUT2D eigenvalue weighted by Gasteiger charge is -2.31. The normalized spacial score (nSPS) is 22.5. The molecular weight excluding hydrogens is 248 g/mol. The number of amides is 1. The monoisotopic (exact) mass is 274 g/mol. The number of hydrogen-bond acceptors (Lipinski definition) is 2. The number of carbonyl (C=O) groups is 1.